The zero-order valence-electron chi connectivity index (χ0n) is 16.0. The van der Waals surface area contributed by atoms with Crippen molar-refractivity contribution in [3.05, 3.63) is 95.4 Å². The van der Waals surface area contributed by atoms with Gasteiger partial charge in [-0.3, -0.25) is 9.78 Å². The molecular weight excluding hydrogens is 400 g/mol. The minimum absolute atomic E-state index is 0.284. The number of nitrogens with one attached hydrogen (secondary N) is 1. The van der Waals surface area contributed by atoms with Gasteiger partial charge in [-0.2, -0.15) is 5.10 Å². The summed E-state index contributed by atoms with van der Waals surface area (Å²) in [6.07, 6.45) is 6.78. The van der Waals surface area contributed by atoms with Crippen LogP contribution in [0.25, 0.3) is 10.9 Å². The van der Waals surface area contributed by atoms with Crippen LogP contribution in [0, 0.1) is 0 Å². The van der Waals surface area contributed by atoms with Gasteiger partial charge in [-0.05, 0) is 42.5 Å². The van der Waals surface area contributed by atoms with Crippen molar-refractivity contribution in [1.29, 1.82) is 0 Å². The van der Waals surface area contributed by atoms with Crippen LogP contribution in [-0.2, 0) is 6.54 Å². The summed E-state index contributed by atoms with van der Waals surface area (Å²) >= 11 is 5.90. The van der Waals surface area contributed by atoms with Crippen LogP contribution in [-0.4, -0.2) is 28.3 Å². The Hall–Kier alpha value is -3.64. The minimum atomic E-state index is -0.284. The maximum Gasteiger partial charge on any atom is 0.271 e. The molecule has 0 radical (unpaired) electrons. The summed E-state index contributed by atoms with van der Waals surface area (Å²) in [5.41, 5.74) is 5.03. The number of halogens is 1. The molecule has 0 saturated carbocycles. The first-order valence-corrected chi connectivity index (χ1v) is 9.78. The molecule has 0 aliphatic rings. The topological polar surface area (TPSA) is 68.5 Å². The first-order valence-electron chi connectivity index (χ1n) is 9.40. The number of rotatable bonds is 7. The second kappa shape index (κ2) is 9.24. The van der Waals surface area contributed by atoms with Crippen molar-refractivity contribution in [2.24, 2.45) is 5.10 Å². The smallest absolute Gasteiger partial charge is 0.271 e. The number of carbonyl (C=O) groups excluding carboxylic acids is 1. The number of benzene rings is 2. The lowest BCUT2D eigenvalue weighted by atomic mass is 10.2. The van der Waals surface area contributed by atoms with Crippen LogP contribution < -0.4 is 10.2 Å². The van der Waals surface area contributed by atoms with E-state index < -0.39 is 0 Å². The summed E-state index contributed by atoms with van der Waals surface area (Å²) in [6.45, 7) is 1.18. The van der Waals surface area contributed by atoms with Crippen molar-refractivity contribution in [2.45, 2.75) is 6.54 Å². The molecule has 6 nitrogen and oxygen atoms in total. The van der Waals surface area contributed by atoms with Crippen LogP contribution in [0.2, 0.25) is 5.02 Å². The van der Waals surface area contributed by atoms with E-state index in [2.05, 4.69) is 20.1 Å². The molecule has 7 heteroatoms. The predicted molar refractivity (Wildman–Crippen MR) is 118 cm³/mol. The molecule has 0 aliphatic heterocycles. The maximum absolute atomic E-state index is 12.1. The first-order chi connectivity index (χ1) is 14.7. The van der Waals surface area contributed by atoms with Crippen LogP contribution in [0.15, 0.2) is 84.4 Å². The zero-order valence-corrected chi connectivity index (χ0v) is 16.8. The number of pyridine rings is 1. The molecule has 0 bridgehead atoms. The van der Waals surface area contributed by atoms with Crippen molar-refractivity contribution in [3.63, 3.8) is 0 Å². The number of ether oxygens (including phenoxy) is 1. The molecule has 0 aliphatic carbocycles. The van der Waals surface area contributed by atoms with Gasteiger partial charge in [0.2, 0.25) is 0 Å². The molecule has 0 unspecified atom stereocenters. The lowest BCUT2D eigenvalue weighted by Gasteiger charge is -2.08. The summed E-state index contributed by atoms with van der Waals surface area (Å²) in [5.74, 6) is 0.491. The molecular formula is C23H19ClN4O2. The molecule has 4 rings (SSSR count). The molecule has 30 heavy (non-hydrogen) atoms. The highest BCUT2D eigenvalue weighted by molar-refractivity contribution is 6.30. The third kappa shape index (κ3) is 4.67. The monoisotopic (exact) mass is 418 g/mol. The van der Waals surface area contributed by atoms with Crippen LogP contribution in [0.3, 0.4) is 0 Å². The van der Waals surface area contributed by atoms with Crippen LogP contribution in [0.5, 0.6) is 5.75 Å². The third-order valence-corrected chi connectivity index (χ3v) is 4.80. The summed E-state index contributed by atoms with van der Waals surface area (Å²) in [4.78, 5) is 16.0. The van der Waals surface area contributed by atoms with E-state index in [1.807, 2.05) is 42.6 Å². The number of hydrogen-bond donors (Lipinski definition) is 1. The van der Waals surface area contributed by atoms with Gasteiger partial charge in [-0.25, -0.2) is 5.43 Å². The van der Waals surface area contributed by atoms with Gasteiger partial charge in [0, 0.05) is 45.6 Å². The molecule has 0 atom stereocenters. The summed E-state index contributed by atoms with van der Waals surface area (Å²) in [7, 11) is 0. The number of hydrazone groups is 1. The van der Waals surface area contributed by atoms with Gasteiger partial charge in [0.05, 0.1) is 12.8 Å². The van der Waals surface area contributed by atoms with Crippen molar-refractivity contribution in [1.82, 2.24) is 15.0 Å². The van der Waals surface area contributed by atoms with E-state index in [1.165, 1.54) is 0 Å². The molecule has 2 heterocycles. The van der Waals surface area contributed by atoms with E-state index >= 15 is 0 Å². The Kier molecular flexibility index (Phi) is 6.06. The van der Waals surface area contributed by atoms with Gasteiger partial charge in [-0.1, -0.05) is 29.8 Å². The molecule has 0 spiro atoms. The van der Waals surface area contributed by atoms with E-state index in [-0.39, 0.29) is 5.91 Å². The van der Waals surface area contributed by atoms with E-state index in [0.717, 1.165) is 22.2 Å². The third-order valence-electron chi connectivity index (χ3n) is 4.55. The second-order valence-corrected chi connectivity index (χ2v) is 6.97. The molecule has 0 saturated heterocycles. The normalized spacial score (nSPS) is 11.1. The largest absolute Gasteiger partial charge is 0.492 e. The number of carbonyl (C=O) groups is 1. The fraction of sp³-hybridized carbons (Fsp3) is 0.0870. The van der Waals surface area contributed by atoms with Crippen LogP contribution in [0.1, 0.15) is 15.9 Å². The highest BCUT2D eigenvalue weighted by Gasteiger charge is 2.07. The number of aromatic nitrogens is 2. The Balaban J connectivity index is 1.45. The Labute approximate surface area is 178 Å². The van der Waals surface area contributed by atoms with Crippen LogP contribution in [0.4, 0.5) is 0 Å². The summed E-state index contributed by atoms with van der Waals surface area (Å²) in [5, 5.41) is 5.84. The Morgan fingerprint density at radius 2 is 1.87 bits per heavy atom. The predicted octanol–water partition coefficient (Wildman–Crippen LogP) is 4.53. The number of hydrogen-bond acceptors (Lipinski definition) is 4. The molecule has 2 aromatic carbocycles. The molecule has 0 fully saturated rings. The Bertz CT molecular complexity index is 1170. The molecule has 1 N–H and O–H groups in total. The zero-order chi connectivity index (χ0) is 20.8. The van der Waals surface area contributed by atoms with E-state index in [1.54, 1.807) is 42.9 Å². The highest BCUT2D eigenvalue weighted by atomic mass is 35.5. The standard InChI is InChI=1S/C23H19ClN4O2/c24-19-5-7-20(8-6-19)30-14-13-28-16-18(21-3-1-2-4-22(21)28)15-26-27-23(29)17-9-11-25-12-10-17/h1-12,15-16H,13-14H2,(H,27,29). The van der Waals surface area contributed by atoms with E-state index in [9.17, 15) is 4.79 Å². The average molecular weight is 419 g/mol. The molecule has 150 valence electrons. The van der Waals surface area contributed by atoms with Crippen molar-refractivity contribution in [3.8, 4) is 5.75 Å². The SMILES string of the molecule is O=C(NN=Cc1cn(CCOc2ccc(Cl)cc2)c2ccccc12)c1ccncc1. The van der Waals surface area contributed by atoms with Gasteiger partial charge in [0.15, 0.2) is 0 Å². The molecule has 4 aromatic rings. The maximum atomic E-state index is 12.1. The van der Waals surface area contributed by atoms with Gasteiger partial charge < -0.3 is 9.30 Å². The number of amides is 1. The lowest BCUT2D eigenvalue weighted by Crippen LogP contribution is -2.17. The number of para-hydroxylation sites is 1. The summed E-state index contributed by atoms with van der Waals surface area (Å²) in [6, 6.07) is 18.6. The number of fused-ring (bicyclic) bond motifs is 1. The van der Waals surface area contributed by atoms with Crippen molar-refractivity contribution < 1.29 is 9.53 Å². The molecule has 2 aromatic heterocycles. The van der Waals surface area contributed by atoms with Gasteiger partial charge in [0.1, 0.15) is 12.4 Å². The average Bonchev–Trinajstić information content (AvgIpc) is 3.13. The second-order valence-electron chi connectivity index (χ2n) is 6.53. The Morgan fingerprint density at radius 3 is 2.67 bits per heavy atom. The van der Waals surface area contributed by atoms with E-state index in [0.29, 0.717) is 23.7 Å². The van der Waals surface area contributed by atoms with Gasteiger partial charge >= 0.3 is 0 Å². The quantitative estimate of drug-likeness (QED) is 0.354. The summed E-state index contributed by atoms with van der Waals surface area (Å²) < 4.78 is 7.92. The van der Waals surface area contributed by atoms with E-state index in [4.69, 9.17) is 16.3 Å². The first kappa shape index (κ1) is 19.7. The number of nitrogens with zero attached hydrogens (tertiary/aromatic N) is 3. The highest BCUT2D eigenvalue weighted by Crippen LogP contribution is 2.20. The Morgan fingerprint density at radius 1 is 1.10 bits per heavy atom. The minimum Gasteiger partial charge on any atom is -0.492 e. The van der Waals surface area contributed by atoms with Crippen molar-refractivity contribution >= 4 is 34.6 Å². The lowest BCUT2D eigenvalue weighted by molar-refractivity contribution is 0.0955. The fourth-order valence-corrected chi connectivity index (χ4v) is 3.21. The molecule has 1 amide bonds. The van der Waals surface area contributed by atoms with Crippen molar-refractivity contribution in [2.75, 3.05) is 6.61 Å². The fourth-order valence-electron chi connectivity index (χ4n) is 3.08. The van der Waals surface area contributed by atoms with Crippen LogP contribution >= 0.6 is 11.6 Å². The van der Waals surface area contributed by atoms with Gasteiger partial charge in [-0.15, -0.1) is 0 Å². The van der Waals surface area contributed by atoms with Gasteiger partial charge in [0.25, 0.3) is 5.91 Å².